The maximum absolute atomic E-state index is 12.8. The Kier molecular flexibility index (Phi) is 5.14. The quantitative estimate of drug-likeness (QED) is 0.476. The molecule has 1 aliphatic rings. The predicted molar refractivity (Wildman–Crippen MR) is 98.9 cm³/mol. The van der Waals surface area contributed by atoms with Gasteiger partial charge in [0.15, 0.2) is 0 Å². The molecule has 0 bridgehead atoms. The molecule has 1 N–H and O–H groups in total. The summed E-state index contributed by atoms with van der Waals surface area (Å²) in [6.07, 6.45) is 2.45. The number of nitrogens with zero attached hydrogens (tertiary/aromatic N) is 1. The van der Waals surface area contributed by atoms with Gasteiger partial charge in [-0.2, -0.15) is 0 Å². The molecule has 0 atom stereocenters. The van der Waals surface area contributed by atoms with E-state index in [1.54, 1.807) is 12.1 Å². The summed E-state index contributed by atoms with van der Waals surface area (Å²) in [5.74, 6) is -1.23. The van der Waals surface area contributed by atoms with Gasteiger partial charge >= 0.3 is 5.97 Å². The minimum atomic E-state index is -0.746. The summed E-state index contributed by atoms with van der Waals surface area (Å²) in [5, 5.41) is 14.7. The van der Waals surface area contributed by atoms with E-state index in [0.29, 0.717) is 5.02 Å². The Labute approximate surface area is 160 Å². The summed E-state index contributed by atoms with van der Waals surface area (Å²) in [7, 11) is 1.17. The van der Waals surface area contributed by atoms with E-state index in [1.807, 2.05) is 12.1 Å². The number of ether oxygens (including phenoxy) is 1. The van der Waals surface area contributed by atoms with Gasteiger partial charge in [0.25, 0.3) is 11.6 Å². The number of rotatable bonds is 5. The number of halogens is 1. The first-order valence-corrected chi connectivity index (χ1v) is 8.69. The molecule has 0 spiro atoms. The van der Waals surface area contributed by atoms with E-state index in [-0.39, 0.29) is 16.8 Å². The van der Waals surface area contributed by atoms with E-state index in [2.05, 4.69) is 10.1 Å². The third kappa shape index (κ3) is 3.78. The zero-order valence-electron chi connectivity index (χ0n) is 14.5. The van der Waals surface area contributed by atoms with Crippen molar-refractivity contribution in [2.45, 2.75) is 24.8 Å². The Balaban J connectivity index is 1.93. The first-order valence-electron chi connectivity index (χ1n) is 8.31. The average molecular weight is 389 g/mol. The smallest absolute Gasteiger partial charge is 0.338 e. The average Bonchev–Trinajstić information content (AvgIpc) is 2.64. The summed E-state index contributed by atoms with van der Waals surface area (Å²) in [6, 6.07) is 10.8. The number of non-ortho nitro benzene ring substituents is 1. The van der Waals surface area contributed by atoms with Crippen LogP contribution in [0.4, 0.5) is 5.69 Å². The molecule has 0 heterocycles. The minimum Gasteiger partial charge on any atom is -0.465 e. The zero-order chi connectivity index (χ0) is 19.6. The van der Waals surface area contributed by atoms with Crippen molar-refractivity contribution in [2.24, 2.45) is 0 Å². The third-order valence-corrected chi connectivity index (χ3v) is 5.02. The van der Waals surface area contributed by atoms with Crippen molar-refractivity contribution >= 4 is 29.2 Å². The Bertz CT molecular complexity index is 907. The molecule has 0 aromatic heterocycles. The lowest BCUT2D eigenvalue weighted by Gasteiger charge is -2.43. The van der Waals surface area contributed by atoms with Gasteiger partial charge in [-0.1, -0.05) is 23.7 Å². The van der Waals surface area contributed by atoms with Crippen LogP contribution in [0.5, 0.6) is 0 Å². The third-order valence-electron chi connectivity index (χ3n) is 4.77. The van der Waals surface area contributed by atoms with Crippen LogP contribution in [0.15, 0.2) is 42.5 Å². The summed E-state index contributed by atoms with van der Waals surface area (Å²) in [4.78, 5) is 35.1. The van der Waals surface area contributed by atoms with Gasteiger partial charge < -0.3 is 10.1 Å². The first kappa shape index (κ1) is 18.8. The summed E-state index contributed by atoms with van der Waals surface area (Å²) < 4.78 is 4.61. The Morgan fingerprint density at radius 3 is 2.30 bits per heavy atom. The maximum atomic E-state index is 12.8. The largest absolute Gasteiger partial charge is 0.465 e. The molecule has 2 aromatic carbocycles. The Morgan fingerprint density at radius 1 is 1.15 bits per heavy atom. The number of methoxy groups -OCH3 is 1. The second kappa shape index (κ2) is 7.36. The lowest BCUT2D eigenvalue weighted by molar-refractivity contribution is -0.384. The molecule has 140 valence electrons. The fraction of sp³-hybridized carbons (Fsp3) is 0.263. The number of hydrogen-bond donors (Lipinski definition) is 1. The lowest BCUT2D eigenvalue weighted by atomic mass is 9.71. The van der Waals surface area contributed by atoms with Crippen LogP contribution in [0.1, 0.15) is 45.5 Å². The summed E-state index contributed by atoms with van der Waals surface area (Å²) in [5.41, 5.74) is 0.00993. The summed E-state index contributed by atoms with van der Waals surface area (Å²) in [6.45, 7) is 0. The van der Waals surface area contributed by atoms with Crippen molar-refractivity contribution in [3.8, 4) is 0 Å². The second-order valence-corrected chi connectivity index (χ2v) is 6.85. The number of carbonyl (C=O) groups excluding carboxylic acids is 2. The highest BCUT2D eigenvalue weighted by molar-refractivity contribution is 6.30. The topological polar surface area (TPSA) is 98.5 Å². The van der Waals surface area contributed by atoms with Crippen molar-refractivity contribution in [3.63, 3.8) is 0 Å². The molecule has 27 heavy (non-hydrogen) atoms. The molecule has 1 amide bonds. The zero-order valence-corrected chi connectivity index (χ0v) is 15.3. The fourth-order valence-electron chi connectivity index (χ4n) is 3.16. The van der Waals surface area contributed by atoms with Gasteiger partial charge in [-0.25, -0.2) is 4.79 Å². The number of carbonyl (C=O) groups is 2. The molecule has 0 radical (unpaired) electrons. The number of nitro benzene ring substituents is 1. The first-order chi connectivity index (χ1) is 12.8. The van der Waals surface area contributed by atoms with Gasteiger partial charge in [0.1, 0.15) is 0 Å². The van der Waals surface area contributed by atoms with Crippen LogP contribution in [0.25, 0.3) is 0 Å². The van der Waals surface area contributed by atoms with Crippen LogP contribution in [-0.4, -0.2) is 23.9 Å². The molecular formula is C19H17ClN2O5. The van der Waals surface area contributed by atoms with E-state index in [1.165, 1.54) is 13.2 Å². The monoisotopic (exact) mass is 388 g/mol. The summed E-state index contributed by atoms with van der Waals surface area (Å²) >= 11 is 5.94. The number of benzene rings is 2. The number of hydrogen-bond acceptors (Lipinski definition) is 5. The van der Waals surface area contributed by atoms with Crippen molar-refractivity contribution in [3.05, 3.63) is 74.3 Å². The van der Waals surface area contributed by atoms with Gasteiger partial charge in [0.05, 0.1) is 23.1 Å². The maximum Gasteiger partial charge on any atom is 0.338 e. The van der Waals surface area contributed by atoms with Crippen LogP contribution in [-0.2, 0) is 10.3 Å². The highest BCUT2D eigenvalue weighted by Gasteiger charge is 2.40. The van der Waals surface area contributed by atoms with Crippen LogP contribution in [0.3, 0.4) is 0 Å². The van der Waals surface area contributed by atoms with Gasteiger partial charge in [-0.05, 0) is 43.0 Å². The molecule has 1 saturated carbocycles. The van der Waals surface area contributed by atoms with Gasteiger partial charge in [0.2, 0.25) is 0 Å². The number of esters is 1. The van der Waals surface area contributed by atoms with Crippen molar-refractivity contribution in [2.75, 3.05) is 7.11 Å². The minimum absolute atomic E-state index is 0.0323. The molecule has 0 saturated heterocycles. The number of amides is 1. The molecule has 1 aliphatic carbocycles. The normalized spacial score (nSPS) is 14.7. The molecule has 7 nitrogen and oxygen atoms in total. The van der Waals surface area contributed by atoms with E-state index < -0.39 is 22.3 Å². The predicted octanol–water partition coefficient (Wildman–Crippen LogP) is 3.84. The van der Waals surface area contributed by atoms with Crippen LogP contribution >= 0.6 is 11.6 Å². The molecule has 1 fully saturated rings. The van der Waals surface area contributed by atoms with E-state index in [4.69, 9.17) is 11.6 Å². The van der Waals surface area contributed by atoms with E-state index >= 15 is 0 Å². The van der Waals surface area contributed by atoms with Gasteiger partial charge in [0, 0.05) is 22.7 Å². The molecule has 3 rings (SSSR count). The Morgan fingerprint density at radius 2 is 1.78 bits per heavy atom. The van der Waals surface area contributed by atoms with Gasteiger partial charge in [-0.3, -0.25) is 14.9 Å². The van der Waals surface area contributed by atoms with Crippen LogP contribution in [0, 0.1) is 10.1 Å². The van der Waals surface area contributed by atoms with E-state index in [9.17, 15) is 19.7 Å². The molecular weight excluding hydrogens is 372 g/mol. The van der Waals surface area contributed by atoms with Crippen LogP contribution < -0.4 is 5.32 Å². The number of nitrogens with one attached hydrogen (secondary N) is 1. The lowest BCUT2D eigenvalue weighted by Crippen LogP contribution is -2.50. The SMILES string of the molecule is COC(=O)c1cc(C(=O)NC2(c3ccc(Cl)cc3)CCC2)cc([N+](=O)[O-])c1. The van der Waals surface area contributed by atoms with E-state index in [0.717, 1.165) is 37.0 Å². The van der Waals surface area contributed by atoms with Crippen molar-refractivity contribution < 1.29 is 19.2 Å². The van der Waals surface area contributed by atoms with Crippen molar-refractivity contribution in [1.29, 1.82) is 0 Å². The van der Waals surface area contributed by atoms with Crippen molar-refractivity contribution in [1.82, 2.24) is 5.32 Å². The highest BCUT2D eigenvalue weighted by atomic mass is 35.5. The highest BCUT2D eigenvalue weighted by Crippen LogP contribution is 2.41. The molecule has 0 aliphatic heterocycles. The second-order valence-electron chi connectivity index (χ2n) is 6.41. The Hall–Kier alpha value is -2.93. The molecule has 8 heteroatoms. The van der Waals surface area contributed by atoms with Gasteiger partial charge in [-0.15, -0.1) is 0 Å². The fourth-order valence-corrected chi connectivity index (χ4v) is 3.28. The van der Waals surface area contributed by atoms with Crippen LogP contribution in [0.2, 0.25) is 5.02 Å². The molecule has 0 unspecified atom stereocenters. The number of nitro groups is 1. The standard InChI is InChI=1S/C19H17ClN2O5/c1-27-18(24)13-9-12(10-16(11-13)22(25)26)17(23)21-19(7-2-8-19)14-3-5-15(20)6-4-14/h3-6,9-11H,2,7-8H2,1H3,(H,21,23). The molecule has 2 aromatic rings.